The average Bonchev–Trinajstić information content (AvgIpc) is 3.23. The Balaban J connectivity index is 2.38. The van der Waals surface area contributed by atoms with Crippen LogP contribution in [0.15, 0.2) is 12.2 Å². The zero-order valence-electron chi connectivity index (χ0n) is 37.7. The number of carbonyl (C=O) groups excluding carboxylic acids is 1. The van der Waals surface area contributed by atoms with Crippen LogP contribution in [-0.2, 0) is 14.3 Å². The Morgan fingerprint density at radius 2 is 0.983 bits per heavy atom. The van der Waals surface area contributed by atoms with Crippen molar-refractivity contribution in [1.29, 1.82) is 0 Å². The number of allylic oxidation sites excluding steroid dienone is 2. The van der Waals surface area contributed by atoms with E-state index in [1.807, 2.05) is 0 Å². The Morgan fingerprint density at radius 1 is 0.576 bits per heavy atom. The van der Waals surface area contributed by atoms with E-state index in [-0.39, 0.29) is 6.42 Å². The van der Waals surface area contributed by atoms with Gasteiger partial charge < -0.3 is 50.5 Å². The molecule has 0 aromatic heterocycles. The van der Waals surface area contributed by atoms with E-state index in [2.05, 4.69) is 31.3 Å². The number of ether oxygens (including phenoxy) is 2. The van der Waals surface area contributed by atoms with Crippen LogP contribution in [0, 0.1) is 0 Å². The van der Waals surface area contributed by atoms with E-state index in [1.165, 1.54) is 141 Å². The third kappa shape index (κ3) is 28.2. The second-order valence-electron chi connectivity index (χ2n) is 17.5. The van der Waals surface area contributed by atoms with Crippen LogP contribution in [0.4, 0.5) is 0 Å². The van der Waals surface area contributed by atoms with Crippen molar-refractivity contribution in [2.45, 2.75) is 274 Å². The molecule has 0 bridgehead atoms. The lowest BCUT2D eigenvalue weighted by Crippen LogP contribution is -2.60. The van der Waals surface area contributed by atoms with Gasteiger partial charge in [-0.25, -0.2) is 0 Å². The van der Waals surface area contributed by atoms with E-state index in [0.717, 1.165) is 38.5 Å². The van der Waals surface area contributed by atoms with E-state index >= 15 is 0 Å². The first-order valence-corrected chi connectivity index (χ1v) is 24.6. The summed E-state index contributed by atoms with van der Waals surface area (Å²) in [5.41, 5.74) is 0. The van der Waals surface area contributed by atoms with Gasteiger partial charge in [-0.15, -0.1) is 0 Å². The highest BCUT2D eigenvalue weighted by atomic mass is 16.7. The summed E-state index contributed by atoms with van der Waals surface area (Å²) in [6.07, 6.45) is 29.7. The van der Waals surface area contributed by atoms with Crippen molar-refractivity contribution >= 4 is 5.91 Å². The van der Waals surface area contributed by atoms with Crippen LogP contribution < -0.4 is 5.32 Å². The number of rotatable bonds is 41. The third-order valence-corrected chi connectivity index (χ3v) is 12.1. The summed E-state index contributed by atoms with van der Waals surface area (Å²) in [6, 6.07) is -1.16. The Hall–Kier alpha value is -1.15. The first-order valence-electron chi connectivity index (χ1n) is 24.6. The maximum Gasteiger partial charge on any atom is 0.249 e. The SMILES string of the molecule is CCCCCC/C=C\CCCCCCCCCCCCCC[C@@H](O)C(=O)N[C@@H](CO[C@@H]1O[C@H](CO)[C@@H](O)[C@H](O)[C@H]1O)[C@H](O)[C@H](O)CCCCCCCCCCCCCC. The van der Waals surface area contributed by atoms with Gasteiger partial charge in [0.1, 0.15) is 36.6 Å². The Bertz CT molecular complexity index is 970. The van der Waals surface area contributed by atoms with Crippen molar-refractivity contribution in [3.05, 3.63) is 12.2 Å². The smallest absolute Gasteiger partial charge is 0.249 e. The summed E-state index contributed by atoms with van der Waals surface area (Å²) in [7, 11) is 0. The van der Waals surface area contributed by atoms with Crippen LogP contribution in [0.5, 0.6) is 0 Å². The number of aliphatic hydroxyl groups is 7. The van der Waals surface area contributed by atoms with Gasteiger partial charge in [-0.2, -0.15) is 0 Å². The highest BCUT2D eigenvalue weighted by molar-refractivity contribution is 5.80. The van der Waals surface area contributed by atoms with Crippen molar-refractivity contribution in [1.82, 2.24) is 5.32 Å². The lowest BCUT2D eigenvalue weighted by Gasteiger charge is -2.40. The number of nitrogens with one attached hydrogen (secondary N) is 1. The molecule has 0 aromatic rings. The lowest BCUT2D eigenvalue weighted by molar-refractivity contribution is -0.303. The van der Waals surface area contributed by atoms with Gasteiger partial charge in [0, 0.05) is 0 Å². The predicted octanol–water partition coefficient (Wildman–Crippen LogP) is 8.45. The molecule has 9 atom stereocenters. The number of hydrogen-bond acceptors (Lipinski definition) is 10. The second-order valence-corrected chi connectivity index (χ2v) is 17.5. The third-order valence-electron chi connectivity index (χ3n) is 12.1. The van der Waals surface area contributed by atoms with Gasteiger partial charge in [-0.1, -0.05) is 193 Å². The fraction of sp³-hybridized carbons (Fsp3) is 0.938. The summed E-state index contributed by atoms with van der Waals surface area (Å²) < 4.78 is 11.1. The quantitative estimate of drug-likeness (QED) is 0.0219. The van der Waals surface area contributed by atoms with Crippen LogP contribution in [0.1, 0.15) is 219 Å². The van der Waals surface area contributed by atoms with Gasteiger partial charge in [0.2, 0.25) is 5.91 Å². The molecule has 11 heteroatoms. The zero-order valence-corrected chi connectivity index (χ0v) is 37.7. The second kappa shape index (κ2) is 38.5. The van der Waals surface area contributed by atoms with E-state index in [0.29, 0.717) is 19.3 Å². The van der Waals surface area contributed by atoms with E-state index in [9.17, 15) is 40.5 Å². The van der Waals surface area contributed by atoms with Crippen LogP contribution in [0.3, 0.4) is 0 Å². The summed E-state index contributed by atoms with van der Waals surface area (Å²) in [5.74, 6) is -0.696. The molecule has 350 valence electrons. The molecule has 1 fully saturated rings. The molecule has 1 aliphatic heterocycles. The molecular formula is C48H93NO10. The molecule has 0 spiro atoms. The van der Waals surface area contributed by atoms with Gasteiger partial charge in [0.05, 0.1) is 25.4 Å². The number of unbranched alkanes of at least 4 members (excludes halogenated alkanes) is 27. The zero-order chi connectivity index (χ0) is 43.4. The fourth-order valence-electron chi connectivity index (χ4n) is 7.96. The number of aliphatic hydroxyl groups excluding tert-OH is 7. The Labute approximate surface area is 360 Å². The summed E-state index contributed by atoms with van der Waals surface area (Å²) in [5, 5.41) is 75.7. The van der Waals surface area contributed by atoms with Crippen LogP contribution >= 0.6 is 0 Å². The molecule has 0 aromatic carbocycles. The molecule has 11 nitrogen and oxygen atoms in total. The average molecular weight is 844 g/mol. The number of amides is 1. The predicted molar refractivity (Wildman–Crippen MR) is 238 cm³/mol. The van der Waals surface area contributed by atoms with Crippen LogP contribution in [0.25, 0.3) is 0 Å². The molecule has 0 aliphatic carbocycles. The lowest BCUT2D eigenvalue weighted by atomic mass is 9.98. The molecule has 1 saturated heterocycles. The molecule has 1 rings (SSSR count). The van der Waals surface area contributed by atoms with Crippen molar-refractivity contribution in [3.63, 3.8) is 0 Å². The topological polar surface area (TPSA) is 189 Å². The molecule has 0 saturated carbocycles. The molecule has 0 unspecified atom stereocenters. The molecule has 59 heavy (non-hydrogen) atoms. The van der Waals surface area contributed by atoms with Crippen molar-refractivity contribution in [2.24, 2.45) is 0 Å². The van der Waals surface area contributed by atoms with Crippen LogP contribution in [-0.4, -0.2) is 110 Å². The van der Waals surface area contributed by atoms with E-state index in [4.69, 9.17) is 9.47 Å². The molecule has 0 radical (unpaired) electrons. The number of hydrogen-bond donors (Lipinski definition) is 8. The van der Waals surface area contributed by atoms with Gasteiger partial charge in [0.25, 0.3) is 0 Å². The molecule has 1 aliphatic rings. The maximum atomic E-state index is 13.1. The normalized spacial score (nSPS) is 21.8. The van der Waals surface area contributed by atoms with Gasteiger partial charge >= 0.3 is 0 Å². The molecular weight excluding hydrogens is 751 g/mol. The van der Waals surface area contributed by atoms with E-state index in [1.54, 1.807) is 0 Å². The standard InChI is InChI=1S/C48H93NO10/c1-3-5-7-9-11-13-15-17-18-19-20-21-22-23-24-26-28-30-32-34-36-41(52)47(57)49-39(38-58-48-46(56)45(55)44(54)42(37-50)59-48)43(53)40(51)35-33-31-29-27-25-16-14-12-10-8-6-4-2/h13,15,39-46,48,50-56H,3-12,14,16-38H2,1-2H3,(H,49,57)/b15-13-/t39-,40+,41+,42+,43-,44+,45-,46+,48+/m0/s1. The van der Waals surface area contributed by atoms with Crippen molar-refractivity contribution < 1.29 is 50.0 Å². The summed E-state index contributed by atoms with van der Waals surface area (Å²) >= 11 is 0. The summed E-state index contributed by atoms with van der Waals surface area (Å²) in [4.78, 5) is 13.1. The Kier molecular flexibility index (Phi) is 36.5. The van der Waals surface area contributed by atoms with Gasteiger partial charge in [-0.05, 0) is 38.5 Å². The van der Waals surface area contributed by atoms with Crippen molar-refractivity contribution in [2.75, 3.05) is 13.2 Å². The Morgan fingerprint density at radius 3 is 1.44 bits per heavy atom. The maximum absolute atomic E-state index is 13.1. The minimum Gasteiger partial charge on any atom is -0.394 e. The number of carbonyl (C=O) groups is 1. The minimum absolute atomic E-state index is 0.262. The van der Waals surface area contributed by atoms with Crippen molar-refractivity contribution in [3.8, 4) is 0 Å². The molecule has 1 heterocycles. The van der Waals surface area contributed by atoms with E-state index < -0.39 is 74.2 Å². The minimum atomic E-state index is -1.66. The fourth-order valence-corrected chi connectivity index (χ4v) is 7.96. The highest BCUT2D eigenvalue weighted by Gasteiger charge is 2.44. The van der Waals surface area contributed by atoms with Crippen LogP contribution in [0.2, 0.25) is 0 Å². The highest BCUT2D eigenvalue weighted by Crippen LogP contribution is 2.23. The largest absolute Gasteiger partial charge is 0.394 e. The van der Waals surface area contributed by atoms with Gasteiger partial charge in [-0.3, -0.25) is 4.79 Å². The monoisotopic (exact) mass is 844 g/mol. The molecule has 1 amide bonds. The first kappa shape index (κ1) is 55.9. The summed E-state index contributed by atoms with van der Waals surface area (Å²) in [6.45, 7) is 3.43. The van der Waals surface area contributed by atoms with Gasteiger partial charge in [0.15, 0.2) is 6.29 Å². The first-order chi connectivity index (χ1) is 28.7. The molecule has 8 N–H and O–H groups in total.